The van der Waals surface area contributed by atoms with E-state index in [1.165, 1.54) is 35.6 Å². The van der Waals surface area contributed by atoms with Crippen molar-refractivity contribution < 1.29 is 19.2 Å². The molecule has 8 nitrogen and oxygen atoms in total. The molecule has 3 aromatic rings. The minimum atomic E-state index is -0.557. The molecule has 0 aliphatic heterocycles. The van der Waals surface area contributed by atoms with Crippen LogP contribution in [0.2, 0.25) is 0 Å². The van der Waals surface area contributed by atoms with E-state index in [1.54, 1.807) is 11.5 Å². The molecule has 0 aliphatic rings. The Morgan fingerprint density at radius 1 is 1.25 bits per heavy atom. The molecule has 1 aromatic heterocycles. The van der Waals surface area contributed by atoms with E-state index >= 15 is 0 Å². The standard InChI is InChI=1S/C18H14BrN3O5S/c1-2-27-16(23)10-21-14-8-5-12(19)9-15(14)28-18(21)20-17(24)11-3-6-13(7-4-11)22(25)26/h3-9H,2,10H2,1H3. The monoisotopic (exact) mass is 463 g/mol. The topological polar surface area (TPSA) is 104 Å². The van der Waals surface area contributed by atoms with E-state index in [0.29, 0.717) is 4.80 Å². The molecule has 0 spiro atoms. The summed E-state index contributed by atoms with van der Waals surface area (Å²) in [5, 5.41) is 10.7. The van der Waals surface area contributed by atoms with Crippen molar-refractivity contribution in [3.8, 4) is 0 Å². The van der Waals surface area contributed by atoms with Crippen LogP contribution in [0.15, 0.2) is 51.9 Å². The SMILES string of the molecule is CCOC(=O)Cn1c(=NC(=O)c2ccc([N+](=O)[O-])cc2)sc2cc(Br)ccc21. The number of ether oxygens (including phenoxy) is 1. The Labute approximate surface area is 171 Å². The van der Waals surface area contributed by atoms with Crippen molar-refractivity contribution in [2.24, 2.45) is 4.99 Å². The number of hydrogen-bond donors (Lipinski definition) is 0. The van der Waals surface area contributed by atoms with E-state index < -0.39 is 16.8 Å². The lowest BCUT2D eigenvalue weighted by Gasteiger charge is -2.05. The molecule has 0 saturated heterocycles. The number of halogens is 1. The smallest absolute Gasteiger partial charge is 0.326 e. The molecule has 2 aromatic carbocycles. The van der Waals surface area contributed by atoms with Gasteiger partial charge in [-0.15, -0.1) is 0 Å². The van der Waals surface area contributed by atoms with Crippen molar-refractivity contribution in [2.45, 2.75) is 13.5 Å². The molecule has 0 saturated carbocycles. The molecule has 28 heavy (non-hydrogen) atoms. The number of hydrogen-bond acceptors (Lipinski definition) is 6. The lowest BCUT2D eigenvalue weighted by Crippen LogP contribution is -2.23. The zero-order valence-electron chi connectivity index (χ0n) is 14.6. The van der Waals surface area contributed by atoms with Gasteiger partial charge in [0.2, 0.25) is 0 Å². The molecule has 0 atom stereocenters. The third kappa shape index (κ3) is 4.34. The normalized spacial score (nSPS) is 11.6. The highest BCUT2D eigenvalue weighted by Crippen LogP contribution is 2.22. The molecule has 1 heterocycles. The summed E-state index contributed by atoms with van der Waals surface area (Å²) in [7, 11) is 0. The van der Waals surface area contributed by atoms with Crippen LogP contribution >= 0.6 is 27.3 Å². The minimum Gasteiger partial charge on any atom is -0.465 e. The first kappa shape index (κ1) is 19.9. The van der Waals surface area contributed by atoms with Gasteiger partial charge in [-0.05, 0) is 37.3 Å². The number of fused-ring (bicyclic) bond motifs is 1. The number of carbonyl (C=O) groups excluding carboxylic acids is 2. The van der Waals surface area contributed by atoms with Gasteiger partial charge in [0.15, 0.2) is 4.80 Å². The fraction of sp³-hybridized carbons (Fsp3) is 0.167. The number of nitro groups is 1. The second kappa shape index (κ2) is 8.44. The van der Waals surface area contributed by atoms with E-state index in [1.807, 2.05) is 18.2 Å². The van der Waals surface area contributed by atoms with Gasteiger partial charge < -0.3 is 9.30 Å². The highest BCUT2D eigenvalue weighted by atomic mass is 79.9. The molecule has 0 N–H and O–H groups in total. The number of amides is 1. The van der Waals surface area contributed by atoms with Crippen LogP contribution in [0.3, 0.4) is 0 Å². The van der Waals surface area contributed by atoms with E-state index in [-0.39, 0.29) is 24.4 Å². The Kier molecular flexibility index (Phi) is 6.00. The number of nitro benzene ring substituents is 1. The van der Waals surface area contributed by atoms with Gasteiger partial charge in [-0.1, -0.05) is 27.3 Å². The first-order valence-electron chi connectivity index (χ1n) is 8.17. The van der Waals surface area contributed by atoms with E-state index in [9.17, 15) is 19.7 Å². The van der Waals surface area contributed by atoms with Crippen LogP contribution in [-0.4, -0.2) is 28.0 Å². The summed E-state index contributed by atoms with van der Waals surface area (Å²) in [5.41, 5.74) is 0.851. The molecule has 1 amide bonds. The predicted octanol–water partition coefficient (Wildman–Crippen LogP) is 3.68. The number of esters is 1. The quantitative estimate of drug-likeness (QED) is 0.326. The summed E-state index contributed by atoms with van der Waals surface area (Å²) in [6, 6.07) is 10.7. The van der Waals surface area contributed by atoms with Gasteiger partial charge in [-0.25, -0.2) is 0 Å². The van der Waals surface area contributed by atoms with Gasteiger partial charge in [0.05, 0.1) is 21.7 Å². The van der Waals surface area contributed by atoms with Gasteiger partial charge in [0.25, 0.3) is 11.6 Å². The average molecular weight is 464 g/mol. The van der Waals surface area contributed by atoms with Gasteiger partial charge in [0.1, 0.15) is 6.54 Å². The number of carbonyl (C=O) groups is 2. The van der Waals surface area contributed by atoms with Gasteiger partial charge in [-0.3, -0.25) is 19.7 Å². The zero-order chi connectivity index (χ0) is 20.3. The summed E-state index contributed by atoms with van der Waals surface area (Å²) >= 11 is 4.66. The van der Waals surface area contributed by atoms with E-state index in [0.717, 1.165) is 14.7 Å². The van der Waals surface area contributed by atoms with Crippen molar-refractivity contribution in [1.82, 2.24) is 4.57 Å². The average Bonchev–Trinajstić information content (AvgIpc) is 2.98. The van der Waals surface area contributed by atoms with Crippen LogP contribution in [0, 0.1) is 10.1 Å². The highest BCUT2D eigenvalue weighted by Gasteiger charge is 2.14. The molecule has 0 bridgehead atoms. The Bertz CT molecular complexity index is 1130. The van der Waals surface area contributed by atoms with Crippen LogP contribution < -0.4 is 4.80 Å². The van der Waals surface area contributed by atoms with E-state index in [2.05, 4.69) is 20.9 Å². The zero-order valence-corrected chi connectivity index (χ0v) is 17.0. The third-order valence-corrected chi connectivity index (χ3v) is 5.29. The van der Waals surface area contributed by atoms with Crippen molar-refractivity contribution in [2.75, 3.05) is 6.61 Å². The summed E-state index contributed by atoms with van der Waals surface area (Å²) in [4.78, 5) is 39.2. The second-order valence-corrected chi connectivity index (χ2v) is 7.53. The number of benzene rings is 2. The fourth-order valence-corrected chi connectivity index (χ4v) is 4.08. The molecule has 144 valence electrons. The van der Waals surface area contributed by atoms with Crippen LogP contribution in [-0.2, 0) is 16.1 Å². The minimum absolute atomic E-state index is 0.0815. The summed E-state index contributed by atoms with van der Waals surface area (Å²) in [5.74, 6) is -0.993. The van der Waals surface area contributed by atoms with Crippen molar-refractivity contribution in [3.63, 3.8) is 0 Å². The Morgan fingerprint density at radius 3 is 2.61 bits per heavy atom. The number of rotatable bonds is 5. The first-order chi connectivity index (χ1) is 13.4. The molecule has 0 unspecified atom stereocenters. The Hall–Kier alpha value is -2.85. The van der Waals surface area contributed by atoms with Crippen molar-refractivity contribution in [1.29, 1.82) is 0 Å². The van der Waals surface area contributed by atoms with Crippen molar-refractivity contribution >= 4 is 55.0 Å². The van der Waals surface area contributed by atoms with Crippen LogP contribution in [0.1, 0.15) is 17.3 Å². The second-order valence-electron chi connectivity index (χ2n) is 5.61. The lowest BCUT2D eigenvalue weighted by molar-refractivity contribution is -0.384. The number of thiazole rings is 1. The number of nitrogens with zero attached hydrogens (tertiary/aromatic N) is 3. The van der Waals surface area contributed by atoms with Crippen LogP contribution in [0.25, 0.3) is 10.2 Å². The Balaban J connectivity index is 2.05. The maximum absolute atomic E-state index is 12.5. The van der Waals surface area contributed by atoms with Gasteiger partial charge in [0, 0.05) is 22.2 Å². The third-order valence-electron chi connectivity index (χ3n) is 3.76. The molecule has 0 aliphatic carbocycles. The first-order valence-corrected chi connectivity index (χ1v) is 9.78. The molecule has 0 fully saturated rings. The summed E-state index contributed by atoms with van der Waals surface area (Å²) in [6.45, 7) is 1.89. The largest absolute Gasteiger partial charge is 0.465 e. The molecular formula is C18H14BrN3O5S. The van der Waals surface area contributed by atoms with Gasteiger partial charge in [-0.2, -0.15) is 4.99 Å². The highest BCUT2D eigenvalue weighted by molar-refractivity contribution is 9.10. The van der Waals surface area contributed by atoms with Crippen LogP contribution in [0.4, 0.5) is 5.69 Å². The predicted molar refractivity (Wildman–Crippen MR) is 107 cm³/mol. The fourth-order valence-electron chi connectivity index (χ4n) is 2.50. The molecule has 3 rings (SSSR count). The van der Waals surface area contributed by atoms with E-state index in [4.69, 9.17) is 4.74 Å². The van der Waals surface area contributed by atoms with Crippen molar-refractivity contribution in [3.05, 3.63) is 67.4 Å². The maximum atomic E-state index is 12.5. The Morgan fingerprint density at radius 2 is 1.96 bits per heavy atom. The van der Waals surface area contributed by atoms with Crippen LogP contribution in [0.5, 0.6) is 0 Å². The maximum Gasteiger partial charge on any atom is 0.326 e. The lowest BCUT2D eigenvalue weighted by atomic mass is 10.2. The molecular weight excluding hydrogens is 450 g/mol. The summed E-state index contributed by atoms with van der Waals surface area (Å²) < 4.78 is 8.33. The number of aromatic nitrogens is 1. The van der Waals surface area contributed by atoms with Gasteiger partial charge >= 0.3 is 5.97 Å². The number of non-ortho nitro benzene ring substituents is 1. The molecule has 10 heteroatoms. The molecule has 0 radical (unpaired) electrons. The summed E-state index contributed by atoms with van der Waals surface area (Å²) in [6.07, 6.45) is 0.